The molecule has 1 heterocycles. The fourth-order valence-electron chi connectivity index (χ4n) is 2.48. The van der Waals surface area contributed by atoms with E-state index in [4.69, 9.17) is 10.6 Å². The van der Waals surface area contributed by atoms with E-state index in [-0.39, 0.29) is 12.1 Å². The second kappa shape index (κ2) is 7.33. The van der Waals surface area contributed by atoms with Crippen LogP contribution in [0.5, 0.6) is 0 Å². The van der Waals surface area contributed by atoms with Gasteiger partial charge in [-0.25, -0.2) is 0 Å². The Morgan fingerprint density at radius 3 is 2.70 bits per heavy atom. The molecular weight excluding hydrogens is 250 g/mol. The maximum absolute atomic E-state index is 5.73. The lowest BCUT2D eigenvalue weighted by atomic mass is 10.0. The first-order valence-corrected chi connectivity index (χ1v) is 7.20. The van der Waals surface area contributed by atoms with Crippen LogP contribution in [0.3, 0.4) is 0 Å². The first kappa shape index (κ1) is 14.9. The van der Waals surface area contributed by atoms with Crippen LogP contribution in [0.25, 0.3) is 10.9 Å². The Balaban J connectivity index is 2.16. The average Bonchev–Trinajstić information content (AvgIpc) is 2.50. The molecule has 4 nitrogen and oxygen atoms in total. The molecule has 0 fully saturated rings. The van der Waals surface area contributed by atoms with E-state index in [2.05, 4.69) is 35.5 Å². The van der Waals surface area contributed by atoms with Crippen LogP contribution in [0.2, 0.25) is 0 Å². The standard InChI is InChI=1S/C16H23N3O/c1-3-16(20-4-2)15(19-17)11-13-10-9-12-7-5-6-8-14(12)18-13/h5-10,15-16,19H,3-4,11,17H2,1-2H3. The molecule has 0 saturated heterocycles. The molecule has 0 amide bonds. The fourth-order valence-corrected chi connectivity index (χ4v) is 2.48. The molecule has 0 aliphatic rings. The van der Waals surface area contributed by atoms with E-state index < -0.39 is 0 Å². The monoisotopic (exact) mass is 273 g/mol. The molecular formula is C16H23N3O. The molecule has 20 heavy (non-hydrogen) atoms. The van der Waals surface area contributed by atoms with Gasteiger partial charge < -0.3 is 4.74 Å². The topological polar surface area (TPSA) is 60.2 Å². The molecule has 2 unspecified atom stereocenters. The third-order valence-electron chi connectivity index (χ3n) is 3.53. The molecule has 2 aromatic rings. The van der Waals surface area contributed by atoms with E-state index in [1.807, 2.05) is 25.1 Å². The zero-order chi connectivity index (χ0) is 14.4. The van der Waals surface area contributed by atoms with Crippen molar-refractivity contribution in [3.8, 4) is 0 Å². The summed E-state index contributed by atoms with van der Waals surface area (Å²) in [5, 5.41) is 1.16. The fraction of sp³-hybridized carbons (Fsp3) is 0.438. The number of hydrogen-bond acceptors (Lipinski definition) is 4. The summed E-state index contributed by atoms with van der Waals surface area (Å²) < 4.78 is 5.73. The first-order chi connectivity index (χ1) is 9.78. The number of rotatable bonds is 7. The van der Waals surface area contributed by atoms with Crippen molar-refractivity contribution >= 4 is 10.9 Å². The molecule has 1 aromatic carbocycles. The summed E-state index contributed by atoms with van der Waals surface area (Å²) in [5.74, 6) is 5.68. The van der Waals surface area contributed by atoms with Gasteiger partial charge in [0.1, 0.15) is 0 Å². The van der Waals surface area contributed by atoms with Crippen molar-refractivity contribution in [2.75, 3.05) is 6.61 Å². The van der Waals surface area contributed by atoms with Crippen LogP contribution in [-0.2, 0) is 11.2 Å². The minimum absolute atomic E-state index is 0.0774. The van der Waals surface area contributed by atoms with Crippen LogP contribution < -0.4 is 11.3 Å². The predicted octanol–water partition coefficient (Wildman–Crippen LogP) is 2.42. The number of hydrazine groups is 1. The Kier molecular flexibility index (Phi) is 5.47. The molecule has 3 N–H and O–H groups in total. The van der Waals surface area contributed by atoms with Crippen molar-refractivity contribution in [1.82, 2.24) is 10.4 Å². The zero-order valence-electron chi connectivity index (χ0n) is 12.2. The quantitative estimate of drug-likeness (QED) is 0.601. The van der Waals surface area contributed by atoms with Gasteiger partial charge in [0.15, 0.2) is 0 Å². The number of nitrogens with two attached hydrogens (primary N) is 1. The predicted molar refractivity (Wildman–Crippen MR) is 82.3 cm³/mol. The SMILES string of the molecule is CCOC(CC)C(Cc1ccc2ccccc2n1)NN. The van der Waals surface area contributed by atoms with Crippen LogP contribution in [0, 0.1) is 0 Å². The van der Waals surface area contributed by atoms with E-state index in [0.717, 1.165) is 29.4 Å². The van der Waals surface area contributed by atoms with Gasteiger partial charge in [0.25, 0.3) is 0 Å². The van der Waals surface area contributed by atoms with Crippen LogP contribution in [-0.4, -0.2) is 23.7 Å². The second-order valence-corrected chi connectivity index (χ2v) is 4.87. The maximum atomic E-state index is 5.73. The number of hydrogen-bond donors (Lipinski definition) is 2. The van der Waals surface area contributed by atoms with Crippen LogP contribution in [0.1, 0.15) is 26.0 Å². The number of aromatic nitrogens is 1. The van der Waals surface area contributed by atoms with Gasteiger partial charge in [-0.3, -0.25) is 16.3 Å². The number of nitrogens with one attached hydrogen (secondary N) is 1. The molecule has 2 rings (SSSR count). The van der Waals surface area contributed by atoms with Gasteiger partial charge in [0.2, 0.25) is 0 Å². The molecule has 1 aromatic heterocycles. The van der Waals surface area contributed by atoms with Crippen molar-refractivity contribution in [3.05, 3.63) is 42.1 Å². The Labute approximate surface area is 120 Å². The summed E-state index contributed by atoms with van der Waals surface area (Å²) in [6, 6.07) is 12.4. The highest BCUT2D eigenvalue weighted by molar-refractivity contribution is 5.78. The number of para-hydroxylation sites is 1. The van der Waals surface area contributed by atoms with Crippen molar-refractivity contribution in [1.29, 1.82) is 0 Å². The van der Waals surface area contributed by atoms with Gasteiger partial charge in [0, 0.05) is 24.1 Å². The maximum Gasteiger partial charge on any atom is 0.0742 e. The summed E-state index contributed by atoms with van der Waals surface area (Å²) >= 11 is 0. The third-order valence-corrected chi connectivity index (χ3v) is 3.53. The first-order valence-electron chi connectivity index (χ1n) is 7.20. The Morgan fingerprint density at radius 1 is 1.20 bits per heavy atom. The molecule has 108 valence electrons. The Bertz CT molecular complexity index is 544. The van der Waals surface area contributed by atoms with Gasteiger partial charge in [-0.05, 0) is 25.5 Å². The van der Waals surface area contributed by atoms with Crippen molar-refractivity contribution in [2.45, 2.75) is 38.8 Å². The number of pyridine rings is 1. The number of ether oxygens (including phenoxy) is 1. The van der Waals surface area contributed by atoms with E-state index in [0.29, 0.717) is 6.61 Å². The second-order valence-electron chi connectivity index (χ2n) is 4.87. The van der Waals surface area contributed by atoms with E-state index in [1.54, 1.807) is 0 Å². The van der Waals surface area contributed by atoms with Gasteiger partial charge >= 0.3 is 0 Å². The highest BCUT2D eigenvalue weighted by atomic mass is 16.5. The van der Waals surface area contributed by atoms with Crippen LogP contribution >= 0.6 is 0 Å². The van der Waals surface area contributed by atoms with Gasteiger partial charge in [-0.1, -0.05) is 31.2 Å². The van der Waals surface area contributed by atoms with Gasteiger partial charge in [0.05, 0.1) is 17.7 Å². The molecule has 0 saturated carbocycles. The molecule has 0 bridgehead atoms. The largest absolute Gasteiger partial charge is 0.377 e. The van der Waals surface area contributed by atoms with E-state index in [9.17, 15) is 0 Å². The Hall–Kier alpha value is -1.49. The highest BCUT2D eigenvalue weighted by Crippen LogP contribution is 2.15. The lowest BCUT2D eigenvalue weighted by Gasteiger charge is -2.25. The molecule has 0 spiro atoms. The zero-order valence-corrected chi connectivity index (χ0v) is 12.2. The smallest absolute Gasteiger partial charge is 0.0742 e. The minimum atomic E-state index is 0.0774. The minimum Gasteiger partial charge on any atom is -0.377 e. The number of fused-ring (bicyclic) bond motifs is 1. The average molecular weight is 273 g/mol. The molecule has 0 radical (unpaired) electrons. The van der Waals surface area contributed by atoms with Crippen molar-refractivity contribution in [2.24, 2.45) is 5.84 Å². The highest BCUT2D eigenvalue weighted by Gasteiger charge is 2.20. The van der Waals surface area contributed by atoms with Gasteiger partial charge in [-0.15, -0.1) is 0 Å². The van der Waals surface area contributed by atoms with E-state index >= 15 is 0 Å². The molecule has 4 heteroatoms. The summed E-state index contributed by atoms with van der Waals surface area (Å²) in [4.78, 5) is 4.69. The van der Waals surface area contributed by atoms with Crippen molar-refractivity contribution < 1.29 is 4.74 Å². The molecule has 0 aliphatic heterocycles. The van der Waals surface area contributed by atoms with Crippen molar-refractivity contribution in [3.63, 3.8) is 0 Å². The lowest BCUT2D eigenvalue weighted by molar-refractivity contribution is 0.0317. The summed E-state index contributed by atoms with van der Waals surface area (Å²) in [6.45, 7) is 4.81. The van der Waals surface area contributed by atoms with Crippen LogP contribution in [0.15, 0.2) is 36.4 Å². The summed E-state index contributed by atoms with van der Waals surface area (Å²) in [7, 11) is 0. The number of nitrogens with zero attached hydrogens (tertiary/aromatic N) is 1. The molecule has 0 aliphatic carbocycles. The lowest BCUT2D eigenvalue weighted by Crippen LogP contribution is -2.46. The molecule has 2 atom stereocenters. The summed E-state index contributed by atoms with van der Waals surface area (Å²) in [6.07, 6.45) is 1.80. The Morgan fingerprint density at radius 2 is 2.00 bits per heavy atom. The van der Waals surface area contributed by atoms with Gasteiger partial charge in [-0.2, -0.15) is 0 Å². The normalized spacial score (nSPS) is 14.3. The number of benzene rings is 1. The van der Waals surface area contributed by atoms with Crippen LogP contribution in [0.4, 0.5) is 0 Å². The summed E-state index contributed by atoms with van der Waals surface area (Å²) in [5.41, 5.74) is 4.92. The van der Waals surface area contributed by atoms with E-state index in [1.165, 1.54) is 0 Å². The third kappa shape index (κ3) is 3.54.